The summed E-state index contributed by atoms with van der Waals surface area (Å²) in [6.07, 6.45) is -0.516. The number of aliphatic hydroxyl groups excluding tert-OH is 1. The maximum absolute atomic E-state index is 11.9. The molecule has 4 N–H and O–H groups in total. The number of aliphatic hydroxyl groups is 1. The summed E-state index contributed by atoms with van der Waals surface area (Å²) in [7, 11) is 0. The summed E-state index contributed by atoms with van der Waals surface area (Å²) in [4.78, 5) is 0. The maximum atomic E-state index is 11.9. The van der Waals surface area contributed by atoms with Gasteiger partial charge in [-0.2, -0.15) is 0 Å². The molecule has 5 heteroatoms. The molecular formula is C9H18F2N2O. The van der Waals surface area contributed by atoms with Crippen LogP contribution < -0.4 is 11.1 Å². The first-order valence-electron chi connectivity index (χ1n) is 5.04. The summed E-state index contributed by atoms with van der Waals surface area (Å²) in [5, 5.41) is 11.8. The van der Waals surface area contributed by atoms with Crippen molar-refractivity contribution in [1.82, 2.24) is 5.32 Å². The molecular weight excluding hydrogens is 190 g/mol. The highest BCUT2D eigenvalue weighted by atomic mass is 19.3. The molecule has 84 valence electrons. The van der Waals surface area contributed by atoms with Crippen LogP contribution in [-0.4, -0.2) is 36.3 Å². The Morgan fingerprint density at radius 2 is 1.86 bits per heavy atom. The molecule has 1 aliphatic rings. The standard InChI is InChI=1S/C9H18F2N2O/c10-9(11)8(14)5-13-7-3-1-6(12)2-4-7/h6-9,13-14H,1-5,12H2. The molecule has 0 aromatic carbocycles. The first-order valence-corrected chi connectivity index (χ1v) is 5.04. The van der Waals surface area contributed by atoms with Gasteiger partial charge in [0.05, 0.1) is 0 Å². The molecule has 0 amide bonds. The first kappa shape index (κ1) is 11.8. The van der Waals surface area contributed by atoms with E-state index in [9.17, 15) is 8.78 Å². The van der Waals surface area contributed by atoms with Crippen LogP contribution in [-0.2, 0) is 0 Å². The van der Waals surface area contributed by atoms with E-state index in [1.807, 2.05) is 0 Å². The quantitative estimate of drug-likeness (QED) is 0.629. The van der Waals surface area contributed by atoms with Gasteiger partial charge in [0, 0.05) is 18.6 Å². The smallest absolute Gasteiger partial charge is 0.265 e. The molecule has 0 aromatic rings. The molecule has 0 spiro atoms. The highest BCUT2D eigenvalue weighted by molar-refractivity contribution is 4.79. The highest BCUT2D eigenvalue weighted by Gasteiger charge is 2.21. The lowest BCUT2D eigenvalue weighted by molar-refractivity contribution is -0.00523. The molecule has 1 fully saturated rings. The van der Waals surface area contributed by atoms with E-state index in [2.05, 4.69) is 5.32 Å². The second-order valence-electron chi connectivity index (χ2n) is 3.92. The number of nitrogens with one attached hydrogen (secondary N) is 1. The molecule has 0 aromatic heterocycles. The van der Waals surface area contributed by atoms with Crippen molar-refractivity contribution in [2.75, 3.05) is 6.54 Å². The minimum absolute atomic E-state index is 0.0302. The Morgan fingerprint density at radius 1 is 1.29 bits per heavy atom. The normalized spacial score (nSPS) is 30.6. The second kappa shape index (κ2) is 5.58. The Labute approximate surface area is 82.7 Å². The summed E-state index contributed by atoms with van der Waals surface area (Å²) in [5.41, 5.74) is 5.70. The van der Waals surface area contributed by atoms with Gasteiger partial charge >= 0.3 is 0 Å². The third kappa shape index (κ3) is 3.86. The van der Waals surface area contributed by atoms with E-state index >= 15 is 0 Å². The van der Waals surface area contributed by atoms with Crippen molar-refractivity contribution >= 4 is 0 Å². The van der Waals surface area contributed by atoms with Gasteiger partial charge in [-0.05, 0) is 25.7 Å². The van der Waals surface area contributed by atoms with Crippen LogP contribution in [0.15, 0.2) is 0 Å². The Balaban J connectivity index is 2.13. The summed E-state index contributed by atoms with van der Waals surface area (Å²) >= 11 is 0. The molecule has 1 aliphatic carbocycles. The van der Waals surface area contributed by atoms with E-state index in [4.69, 9.17) is 10.8 Å². The lowest BCUT2D eigenvalue weighted by Crippen LogP contribution is -2.42. The van der Waals surface area contributed by atoms with E-state index < -0.39 is 12.5 Å². The fourth-order valence-electron chi connectivity index (χ4n) is 1.70. The third-order valence-electron chi connectivity index (χ3n) is 2.68. The van der Waals surface area contributed by atoms with Crippen LogP contribution in [0.25, 0.3) is 0 Å². The zero-order valence-corrected chi connectivity index (χ0v) is 8.13. The summed E-state index contributed by atoms with van der Waals surface area (Å²) in [5.74, 6) is 0. The van der Waals surface area contributed by atoms with E-state index in [-0.39, 0.29) is 18.6 Å². The van der Waals surface area contributed by atoms with Gasteiger partial charge in [-0.25, -0.2) is 8.78 Å². The molecule has 0 aliphatic heterocycles. The van der Waals surface area contributed by atoms with Crippen LogP contribution in [0.2, 0.25) is 0 Å². The van der Waals surface area contributed by atoms with Gasteiger partial charge in [-0.3, -0.25) is 0 Å². The van der Waals surface area contributed by atoms with Gasteiger partial charge in [0.1, 0.15) is 6.10 Å². The average Bonchev–Trinajstić information content (AvgIpc) is 2.16. The third-order valence-corrected chi connectivity index (χ3v) is 2.68. The van der Waals surface area contributed by atoms with E-state index in [1.54, 1.807) is 0 Å². The molecule has 0 radical (unpaired) electrons. The molecule has 1 unspecified atom stereocenters. The van der Waals surface area contributed by atoms with Gasteiger partial charge in [-0.1, -0.05) is 0 Å². The molecule has 14 heavy (non-hydrogen) atoms. The van der Waals surface area contributed by atoms with Crippen LogP contribution >= 0.6 is 0 Å². The lowest BCUT2D eigenvalue weighted by Gasteiger charge is -2.27. The fourth-order valence-corrected chi connectivity index (χ4v) is 1.70. The Bertz CT molecular complexity index is 161. The van der Waals surface area contributed by atoms with Gasteiger partial charge < -0.3 is 16.2 Å². The Hall–Kier alpha value is -0.260. The van der Waals surface area contributed by atoms with Crippen molar-refractivity contribution < 1.29 is 13.9 Å². The fraction of sp³-hybridized carbons (Fsp3) is 1.00. The van der Waals surface area contributed by atoms with Gasteiger partial charge in [0.15, 0.2) is 0 Å². The lowest BCUT2D eigenvalue weighted by atomic mass is 9.92. The zero-order chi connectivity index (χ0) is 10.6. The number of alkyl halides is 2. The number of halogens is 2. The summed E-state index contributed by atoms with van der Waals surface area (Å²) in [6, 6.07) is 0.497. The summed E-state index contributed by atoms with van der Waals surface area (Å²) < 4.78 is 23.9. The van der Waals surface area contributed by atoms with E-state index in [0.717, 1.165) is 25.7 Å². The van der Waals surface area contributed by atoms with Gasteiger partial charge in [-0.15, -0.1) is 0 Å². The van der Waals surface area contributed by atoms with E-state index in [1.165, 1.54) is 0 Å². The molecule has 0 saturated heterocycles. The topological polar surface area (TPSA) is 58.3 Å². The molecule has 0 bridgehead atoms. The molecule has 0 heterocycles. The first-order chi connectivity index (χ1) is 6.59. The van der Waals surface area contributed by atoms with Crippen LogP contribution in [0.3, 0.4) is 0 Å². The SMILES string of the molecule is NC1CCC(NCC(O)C(F)F)CC1. The van der Waals surface area contributed by atoms with Crippen molar-refractivity contribution in [3.05, 3.63) is 0 Å². The van der Waals surface area contributed by atoms with Crippen molar-refractivity contribution in [2.45, 2.75) is 50.3 Å². The van der Waals surface area contributed by atoms with Crippen molar-refractivity contribution in [1.29, 1.82) is 0 Å². The highest BCUT2D eigenvalue weighted by Crippen LogP contribution is 2.16. The van der Waals surface area contributed by atoms with Gasteiger partial charge in [0.25, 0.3) is 6.43 Å². The summed E-state index contributed by atoms with van der Waals surface area (Å²) in [6.45, 7) is -0.0302. The number of hydrogen-bond acceptors (Lipinski definition) is 3. The maximum Gasteiger partial charge on any atom is 0.265 e. The average molecular weight is 208 g/mol. The molecule has 3 nitrogen and oxygen atoms in total. The van der Waals surface area contributed by atoms with Crippen LogP contribution in [0.4, 0.5) is 8.78 Å². The molecule has 1 saturated carbocycles. The Kier molecular flexibility index (Phi) is 4.71. The van der Waals surface area contributed by atoms with E-state index in [0.29, 0.717) is 0 Å². The molecule has 1 rings (SSSR count). The van der Waals surface area contributed by atoms with Crippen LogP contribution in [0.5, 0.6) is 0 Å². The number of nitrogens with two attached hydrogens (primary N) is 1. The Morgan fingerprint density at radius 3 is 2.36 bits per heavy atom. The zero-order valence-electron chi connectivity index (χ0n) is 8.13. The number of hydrogen-bond donors (Lipinski definition) is 3. The number of rotatable bonds is 4. The van der Waals surface area contributed by atoms with Crippen molar-refractivity contribution in [2.24, 2.45) is 5.73 Å². The predicted molar refractivity (Wildman–Crippen MR) is 50.2 cm³/mol. The van der Waals surface area contributed by atoms with Crippen LogP contribution in [0, 0.1) is 0 Å². The molecule has 1 atom stereocenters. The van der Waals surface area contributed by atoms with Crippen molar-refractivity contribution in [3.63, 3.8) is 0 Å². The minimum Gasteiger partial charge on any atom is -0.386 e. The van der Waals surface area contributed by atoms with Crippen molar-refractivity contribution in [3.8, 4) is 0 Å². The predicted octanol–water partition coefficient (Wildman–Crippen LogP) is 0.472. The van der Waals surface area contributed by atoms with Gasteiger partial charge in [0.2, 0.25) is 0 Å². The minimum atomic E-state index is -2.66. The van der Waals surface area contributed by atoms with Crippen LogP contribution in [0.1, 0.15) is 25.7 Å². The second-order valence-corrected chi connectivity index (χ2v) is 3.92. The largest absolute Gasteiger partial charge is 0.386 e. The monoisotopic (exact) mass is 208 g/mol.